The third-order valence-corrected chi connectivity index (χ3v) is 3.86. The quantitative estimate of drug-likeness (QED) is 0.820. The Kier molecular flexibility index (Phi) is 3.18. The molecule has 1 heterocycles. The molecule has 2 rings (SSSR count). The van der Waals surface area contributed by atoms with Gasteiger partial charge in [-0.2, -0.15) is 0 Å². The van der Waals surface area contributed by atoms with Crippen molar-refractivity contribution in [1.29, 1.82) is 0 Å². The Morgan fingerprint density at radius 1 is 1.44 bits per heavy atom. The molecule has 1 aromatic heterocycles. The lowest BCUT2D eigenvalue weighted by molar-refractivity contribution is -0.122. The first-order chi connectivity index (χ1) is 8.35. The summed E-state index contributed by atoms with van der Waals surface area (Å²) in [7, 11) is 1.84. The van der Waals surface area contributed by atoms with Gasteiger partial charge >= 0.3 is 0 Å². The Balaban J connectivity index is 2.24. The first-order valence-corrected chi connectivity index (χ1v) is 6.60. The van der Waals surface area contributed by atoms with Crippen LogP contribution in [0.5, 0.6) is 0 Å². The van der Waals surface area contributed by atoms with E-state index in [1.807, 2.05) is 20.2 Å². The second kappa shape index (κ2) is 4.38. The number of anilines is 1. The zero-order valence-corrected chi connectivity index (χ0v) is 11.9. The minimum absolute atomic E-state index is 0.126. The van der Waals surface area contributed by atoms with Crippen LogP contribution in [0.15, 0.2) is 12.3 Å². The monoisotopic (exact) mass is 246 g/mol. The lowest BCUT2D eigenvalue weighted by atomic mass is 10.0. The lowest BCUT2D eigenvalue weighted by Gasteiger charge is -2.22. The van der Waals surface area contributed by atoms with E-state index in [1.54, 1.807) is 4.90 Å². The third kappa shape index (κ3) is 2.26. The molecule has 0 unspecified atom stereocenters. The molecule has 0 saturated heterocycles. The second-order valence-corrected chi connectivity index (χ2v) is 5.98. The highest BCUT2D eigenvalue weighted by molar-refractivity contribution is 5.98. The van der Waals surface area contributed by atoms with Crippen molar-refractivity contribution < 1.29 is 4.79 Å². The topological polar surface area (TPSA) is 33.2 Å². The summed E-state index contributed by atoms with van der Waals surface area (Å²) in [6.45, 7) is 8.36. The number of aromatic nitrogens is 1. The molecule has 98 valence electrons. The molecular weight excluding hydrogens is 224 g/mol. The van der Waals surface area contributed by atoms with Crippen molar-refractivity contribution in [2.75, 3.05) is 11.9 Å². The first kappa shape index (κ1) is 13.1. The van der Waals surface area contributed by atoms with Gasteiger partial charge in [0.25, 0.3) is 0 Å². The van der Waals surface area contributed by atoms with Crippen LogP contribution in [0.2, 0.25) is 0 Å². The summed E-state index contributed by atoms with van der Waals surface area (Å²) in [5.41, 5.74) is 3.04. The van der Waals surface area contributed by atoms with E-state index in [1.165, 1.54) is 0 Å². The third-order valence-electron chi connectivity index (χ3n) is 3.86. The Hall–Kier alpha value is -1.38. The maximum atomic E-state index is 12.3. The number of pyridine rings is 1. The van der Waals surface area contributed by atoms with Crippen molar-refractivity contribution in [1.82, 2.24) is 4.98 Å². The molecule has 1 aromatic rings. The van der Waals surface area contributed by atoms with Crippen LogP contribution in [0.3, 0.4) is 0 Å². The summed E-state index contributed by atoms with van der Waals surface area (Å²) in [5, 5.41) is 0. The highest BCUT2D eigenvalue weighted by Gasteiger charge is 2.46. The molecule has 1 amide bonds. The van der Waals surface area contributed by atoms with Crippen LogP contribution < -0.4 is 4.90 Å². The van der Waals surface area contributed by atoms with E-state index < -0.39 is 0 Å². The second-order valence-electron chi connectivity index (χ2n) is 5.98. The minimum Gasteiger partial charge on any atom is -0.314 e. The zero-order chi connectivity index (χ0) is 13.5. The standard InChI is InChI=1S/C15H22N2O/c1-10(2)13-11(3)8-12(9-16-13)17(5)14(18)15(4)6-7-15/h8-10H,6-7H2,1-5H3. The number of nitrogens with zero attached hydrogens (tertiary/aromatic N) is 2. The fourth-order valence-electron chi connectivity index (χ4n) is 2.28. The number of hydrogen-bond donors (Lipinski definition) is 0. The van der Waals surface area contributed by atoms with E-state index in [0.29, 0.717) is 5.92 Å². The summed E-state index contributed by atoms with van der Waals surface area (Å²) < 4.78 is 0. The average molecular weight is 246 g/mol. The van der Waals surface area contributed by atoms with Gasteiger partial charge in [0.05, 0.1) is 11.9 Å². The average Bonchev–Trinajstić information content (AvgIpc) is 3.06. The number of carbonyl (C=O) groups excluding carboxylic acids is 1. The smallest absolute Gasteiger partial charge is 0.232 e. The summed E-state index contributed by atoms with van der Waals surface area (Å²) in [6.07, 6.45) is 3.82. The van der Waals surface area contributed by atoms with Crippen LogP contribution in [-0.2, 0) is 4.79 Å². The van der Waals surface area contributed by atoms with E-state index >= 15 is 0 Å². The van der Waals surface area contributed by atoms with Crippen molar-refractivity contribution in [3.8, 4) is 0 Å². The number of rotatable bonds is 3. The summed E-state index contributed by atoms with van der Waals surface area (Å²) in [5.74, 6) is 0.627. The highest BCUT2D eigenvalue weighted by atomic mass is 16.2. The van der Waals surface area contributed by atoms with Crippen LogP contribution in [0, 0.1) is 12.3 Å². The Bertz CT molecular complexity index is 475. The molecule has 1 aliphatic rings. The van der Waals surface area contributed by atoms with Gasteiger partial charge in [0, 0.05) is 18.2 Å². The van der Waals surface area contributed by atoms with Gasteiger partial charge in [0.15, 0.2) is 0 Å². The van der Waals surface area contributed by atoms with Gasteiger partial charge in [0.2, 0.25) is 5.91 Å². The fraction of sp³-hybridized carbons (Fsp3) is 0.600. The number of amides is 1. The largest absolute Gasteiger partial charge is 0.314 e. The molecule has 1 saturated carbocycles. The molecule has 3 nitrogen and oxygen atoms in total. The van der Waals surface area contributed by atoms with E-state index in [-0.39, 0.29) is 11.3 Å². The summed E-state index contributed by atoms with van der Waals surface area (Å²) in [6, 6.07) is 2.06. The molecule has 1 fully saturated rings. The fourth-order valence-corrected chi connectivity index (χ4v) is 2.28. The van der Waals surface area contributed by atoms with Gasteiger partial charge in [0.1, 0.15) is 0 Å². The maximum Gasteiger partial charge on any atom is 0.232 e. The summed E-state index contributed by atoms with van der Waals surface area (Å²) in [4.78, 5) is 18.5. The molecule has 0 aromatic carbocycles. The van der Waals surface area contributed by atoms with Gasteiger partial charge in [-0.25, -0.2) is 0 Å². The molecule has 0 atom stereocenters. The minimum atomic E-state index is -0.126. The Morgan fingerprint density at radius 3 is 2.50 bits per heavy atom. The number of hydrogen-bond acceptors (Lipinski definition) is 2. The molecular formula is C15H22N2O. The first-order valence-electron chi connectivity index (χ1n) is 6.60. The molecule has 3 heteroatoms. The van der Waals surface area contributed by atoms with E-state index in [0.717, 1.165) is 29.8 Å². The van der Waals surface area contributed by atoms with E-state index in [9.17, 15) is 4.79 Å². The van der Waals surface area contributed by atoms with Crippen molar-refractivity contribution in [3.05, 3.63) is 23.5 Å². The predicted molar refractivity (Wildman–Crippen MR) is 73.8 cm³/mol. The molecule has 18 heavy (non-hydrogen) atoms. The van der Waals surface area contributed by atoms with Gasteiger partial charge in [-0.05, 0) is 37.3 Å². The van der Waals surface area contributed by atoms with Crippen LogP contribution in [-0.4, -0.2) is 17.9 Å². The molecule has 0 spiro atoms. The summed E-state index contributed by atoms with van der Waals surface area (Å²) >= 11 is 0. The number of carbonyl (C=O) groups is 1. The molecule has 0 radical (unpaired) electrons. The van der Waals surface area contributed by atoms with Crippen molar-refractivity contribution >= 4 is 11.6 Å². The maximum absolute atomic E-state index is 12.3. The molecule has 0 N–H and O–H groups in total. The van der Waals surface area contributed by atoms with Gasteiger partial charge in [-0.15, -0.1) is 0 Å². The normalized spacial score (nSPS) is 16.8. The van der Waals surface area contributed by atoms with Gasteiger partial charge in [-0.3, -0.25) is 9.78 Å². The highest BCUT2D eigenvalue weighted by Crippen LogP contribution is 2.46. The van der Waals surface area contributed by atoms with Crippen molar-refractivity contribution in [3.63, 3.8) is 0 Å². The van der Waals surface area contributed by atoms with Crippen LogP contribution >= 0.6 is 0 Å². The lowest BCUT2D eigenvalue weighted by Crippen LogP contribution is -2.32. The van der Waals surface area contributed by atoms with Gasteiger partial charge < -0.3 is 4.90 Å². The molecule has 0 bridgehead atoms. The Labute approximate surface area is 109 Å². The number of aryl methyl sites for hydroxylation is 1. The van der Waals surface area contributed by atoms with Crippen molar-refractivity contribution in [2.45, 2.75) is 46.5 Å². The van der Waals surface area contributed by atoms with Crippen molar-refractivity contribution in [2.24, 2.45) is 5.41 Å². The molecule has 0 aliphatic heterocycles. The van der Waals surface area contributed by atoms with Crippen LogP contribution in [0.4, 0.5) is 5.69 Å². The Morgan fingerprint density at radius 2 is 2.06 bits per heavy atom. The van der Waals surface area contributed by atoms with Crippen LogP contribution in [0.25, 0.3) is 0 Å². The van der Waals surface area contributed by atoms with Crippen LogP contribution in [0.1, 0.15) is 50.8 Å². The molecule has 1 aliphatic carbocycles. The van der Waals surface area contributed by atoms with Gasteiger partial charge in [-0.1, -0.05) is 20.8 Å². The van der Waals surface area contributed by atoms with E-state index in [4.69, 9.17) is 0 Å². The zero-order valence-electron chi connectivity index (χ0n) is 11.9. The SMILES string of the molecule is Cc1cc(N(C)C(=O)C2(C)CC2)cnc1C(C)C. The predicted octanol–water partition coefficient (Wildman–Crippen LogP) is 3.28. The van der Waals surface area contributed by atoms with E-state index in [2.05, 4.69) is 31.8 Å².